The highest BCUT2D eigenvalue weighted by Gasteiger charge is 2.31. The molecule has 0 fully saturated rings. The molecule has 0 spiro atoms. The lowest BCUT2D eigenvalue weighted by atomic mass is 10.1. The quantitative estimate of drug-likeness (QED) is 0.303. The summed E-state index contributed by atoms with van der Waals surface area (Å²) in [6.45, 7) is 5.41. The third kappa shape index (κ3) is 10.8. The highest BCUT2D eigenvalue weighted by atomic mass is 79.9. The zero-order valence-corrected chi connectivity index (χ0v) is 25.1. The largest absolute Gasteiger partial charge is 0.444 e. The maximum absolute atomic E-state index is 12.4. The minimum atomic E-state index is -4.30. The van der Waals surface area contributed by atoms with E-state index in [1.807, 2.05) is 37.2 Å². The molecule has 0 unspecified atom stereocenters. The zero-order valence-electron chi connectivity index (χ0n) is 23.5. The average Bonchev–Trinajstić information content (AvgIpc) is 2.83. The summed E-state index contributed by atoms with van der Waals surface area (Å²) in [6.07, 6.45) is -4.82. The van der Waals surface area contributed by atoms with Gasteiger partial charge in [-0.05, 0) is 81.4 Å². The van der Waals surface area contributed by atoms with Crippen LogP contribution < -0.4 is 20.4 Å². The number of amides is 2. The van der Waals surface area contributed by atoms with Crippen LogP contribution in [-0.2, 0) is 10.9 Å². The predicted octanol–water partition coefficient (Wildman–Crippen LogP) is 7.89. The SMILES string of the molecule is CN(C)c1cc(Br)cc(C(F)(F)F)c1.CN(C)c1cccc(C(=O)Nc2ccc(NC(=O)OC(C)(C)C)cc2)c1. The molecule has 0 aliphatic rings. The molecule has 3 aromatic carbocycles. The lowest BCUT2D eigenvalue weighted by molar-refractivity contribution is -0.137. The summed E-state index contributed by atoms with van der Waals surface area (Å²) in [5, 5.41) is 5.49. The number of carbonyl (C=O) groups is 2. The third-order valence-corrected chi connectivity index (χ3v) is 5.60. The molecule has 3 rings (SSSR count). The Morgan fingerprint density at radius 3 is 1.82 bits per heavy atom. The molecule has 11 heteroatoms. The Balaban J connectivity index is 0.000000337. The van der Waals surface area contributed by atoms with E-state index in [0.29, 0.717) is 27.1 Å². The summed E-state index contributed by atoms with van der Waals surface area (Å²) in [6, 6.07) is 18.0. The van der Waals surface area contributed by atoms with Crippen LogP contribution >= 0.6 is 15.9 Å². The van der Waals surface area contributed by atoms with Gasteiger partial charge in [0.25, 0.3) is 5.91 Å². The van der Waals surface area contributed by atoms with Crippen LogP contribution in [0.25, 0.3) is 0 Å². The molecule has 2 amide bonds. The molecule has 0 aromatic heterocycles. The van der Waals surface area contributed by atoms with Gasteiger partial charge in [-0.2, -0.15) is 13.2 Å². The van der Waals surface area contributed by atoms with Crippen molar-refractivity contribution in [3.63, 3.8) is 0 Å². The number of halogens is 4. The molecule has 216 valence electrons. The van der Waals surface area contributed by atoms with Crippen LogP contribution in [0.2, 0.25) is 0 Å². The van der Waals surface area contributed by atoms with E-state index in [9.17, 15) is 22.8 Å². The van der Waals surface area contributed by atoms with Crippen LogP contribution in [-0.4, -0.2) is 45.8 Å². The number of nitrogens with one attached hydrogen (secondary N) is 2. The first-order valence-electron chi connectivity index (χ1n) is 12.2. The molecule has 0 bridgehead atoms. The number of rotatable bonds is 5. The highest BCUT2D eigenvalue weighted by molar-refractivity contribution is 9.10. The van der Waals surface area contributed by atoms with Gasteiger partial charge < -0.3 is 19.9 Å². The second-order valence-electron chi connectivity index (χ2n) is 10.2. The fourth-order valence-electron chi connectivity index (χ4n) is 3.18. The maximum atomic E-state index is 12.4. The Labute approximate surface area is 241 Å². The second kappa shape index (κ2) is 13.6. The van der Waals surface area contributed by atoms with Gasteiger partial charge in [0.05, 0.1) is 5.56 Å². The molecule has 3 aromatic rings. The van der Waals surface area contributed by atoms with Gasteiger partial charge in [-0.3, -0.25) is 10.1 Å². The number of ether oxygens (including phenoxy) is 1. The van der Waals surface area contributed by atoms with Crippen molar-refractivity contribution in [3.8, 4) is 0 Å². The van der Waals surface area contributed by atoms with E-state index >= 15 is 0 Å². The van der Waals surface area contributed by atoms with Crippen molar-refractivity contribution in [3.05, 3.63) is 82.3 Å². The zero-order chi connectivity index (χ0) is 30.3. The van der Waals surface area contributed by atoms with Gasteiger partial charge in [0, 0.05) is 61.0 Å². The van der Waals surface area contributed by atoms with Crippen LogP contribution in [0.4, 0.5) is 40.7 Å². The predicted molar refractivity (Wildman–Crippen MR) is 158 cm³/mol. The molecule has 0 aliphatic heterocycles. The molecule has 0 saturated carbocycles. The van der Waals surface area contributed by atoms with Crippen molar-refractivity contribution in [2.24, 2.45) is 0 Å². The molecule has 2 N–H and O–H groups in total. The lowest BCUT2D eigenvalue weighted by Crippen LogP contribution is -2.27. The van der Waals surface area contributed by atoms with Crippen LogP contribution in [0.15, 0.2) is 71.2 Å². The standard InChI is InChI=1S/C20H25N3O3.C9H9BrF3N/c1-20(2,3)26-19(25)22-16-11-9-15(10-12-16)21-18(24)14-7-6-8-17(13-14)23(4)5;1-14(2)8-4-6(9(11,12)13)3-7(10)5-8/h6-13H,1-5H3,(H,21,24)(H,22,25);3-5H,1-2H3. The Morgan fingerprint density at radius 2 is 1.32 bits per heavy atom. The fraction of sp³-hybridized carbons (Fsp3) is 0.310. The van der Waals surface area contributed by atoms with Crippen molar-refractivity contribution in [1.29, 1.82) is 0 Å². The normalized spacial score (nSPS) is 11.1. The molecule has 40 heavy (non-hydrogen) atoms. The minimum absolute atomic E-state index is 0.193. The second-order valence-corrected chi connectivity index (χ2v) is 11.1. The van der Waals surface area contributed by atoms with E-state index in [2.05, 4.69) is 26.6 Å². The summed E-state index contributed by atoms with van der Waals surface area (Å²) in [5.41, 5.74) is 2.08. The van der Waals surface area contributed by atoms with Gasteiger partial charge in [0.2, 0.25) is 0 Å². The molecule has 0 radical (unpaired) electrons. The first-order chi connectivity index (χ1) is 18.4. The van der Waals surface area contributed by atoms with Crippen LogP contribution in [0.5, 0.6) is 0 Å². The number of hydrogen-bond donors (Lipinski definition) is 2. The molecule has 0 atom stereocenters. The van der Waals surface area contributed by atoms with Gasteiger partial charge in [-0.15, -0.1) is 0 Å². The van der Waals surface area contributed by atoms with E-state index in [4.69, 9.17) is 4.74 Å². The van der Waals surface area contributed by atoms with Crippen molar-refractivity contribution in [1.82, 2.24) is 0 Å². The number of alkyl halides is 3. The third-order valence-electron chi connectivity index (χ3n) is 5.14. The molecular weight excluding hydrogens is 589 g/mol. The summed E-state index contributed by atoms with van der Waals surface area (Å²) in [4.78, 5) is 27.7. The maximum Gasteiger partial charge on any atom is 0.416 e. The van der Waals surface area contributed by atoms with E-state index in [0.717, 1.165) is 17.8 Å². The van der Waals surface area contributed by atoms with Gasteiger partial charge in [0.15, 0.2) is 0 Å². The fourth-order valence-corrected chi connectivity index (χ4v) is 3.66. The molecule has 0 aliphatic carbocycles. The Morgan fingerprint density at radius 1 is 0.775 bits per heavy atom. The van der Waals surface area contributed by atoms with Crippen molar-refractivity contribution < 1.29 is 27.5 Å². The smallest absolute Gasteiger partial charge is 0.416 e. The van der Waals surface area contributed by atoms with Gasteiger partial charge >= 0.3 is 12.3 Å². The number of nitrogens with zero attached hydrogens (tertiary/aromatic N) is 2. The molecule has 0 heterocycles. The van der Waals surface area contributed by atoms with Gasteiger partial charge in [0.1, 0.15) is 5.60 Å². The summed E-state index contributed by atoms with van der Waals surface area (Å²) in [5.74, 6) is -0.193. The van der Waals surface area contributed by atoms with E-state index < -0.39 is 23.4 Å². The Hall–Kier alpha value is -3.73. The van der Waals surface area contributed by atoms with Crippen molar-refractivity contribution in [2.75, 3.05) is 48.6 Å². The van der Waals surface area contributed by atoms with E-state index in [-0.39, 0.29) is 5.91 Å². The van der Waals surface area contributed by atoms with Crippen molar-refractivity contribution >= 4 is 50.7 Å². The molecular formula is C29H34BrF3N4O3. The highest BCUT2D eigenvalue weighted by Crippen LogP contribution is 2.34. The number of anilines is 4. The van der Waals surface area contributed by atoms with E-state index in [1.54, 1.807) is 76.2 Å². The van der Waals surface area contributed by atoms with E-state index in [1.165, 1.54) is 0 Å². The van der Waals surface area contributed by atoms with Gasteiger partial charge in [-0.25, -0.2) is 4.79 Å². The van der Waals surface area contributed by atoms with Crippen LogP contribution in [0.1, 0.15) is 36.7 Å². The Bertz CT molecular complexity index is 1310. The first-order valence-corrected chi connectivity index (χ1v) is 13.0. The summed E-state index contributed by atoms with van der Waals surface area (Å²) in [7, 11) is 7.24. The average molecular weight is 624 g/mol. The van der Waals surface area contributed by atoms with Gasteiger partial charge in [-0.1, -0.05) is 22.0 Å². The Kier molecular flexibility index (Phi) is 11.0. The topological polar surface area (TPSA) is 73.9 Å². The molecule has 7 nitrogen and oxygen atoms in total. The lowest BCUT2D eigenvalue weighted by Gasteiger charge is -2.19. The van der Waals surface area contributed by atoms with Crippen LogP contribution in [0.3, 0.4) is 0 Å². The first kappa shape index (κ1) is 32.5. The number of benzene rings is 3. The summed E-state index contributed by atoms with van der Waals surface area (Å²) < 4.78 is 42.7. The minimum Gasteiger partial charge on any atom is -0.444 e. The molecule has 0 saturated heterocycles. The monoisotopic (exact) mass is 622 g/mol. The number of carbonyl (C=O) groups excluding carboxylic acids is 2. The van der Waals surface area contributed by atoms with Crippen LogP contribution in [0, 0.1) is 0 Å². The number of hydrogen-bond acceptors (Lipinski definition) is 5. The van der Waals surface area contributed by atoms with Crippen molar-refractivity contribution in [2.45, 2.75) is 32.5 Å². The summed E-state index contributed by atoms with van der Waals surface area (Å²) >= 11 is 3.05.